The van der Waals surface area contributed by atoms with Crippen molar-refractivity contribution in [1.29, 1.82) is 0 Å². The van der Waals surface area contributed by atoms with Gasteiger partial charge in [-0.15, -0.1) is 0 Å². The SMILES string of the molecule is NC(N)=NCCCC(NC(=O)C(CO)NC(=O)C(N)Cc1ccccc1)C(=O)NC(Cc1cnc[nH]1)C(=O)O. The van der Waals surface area contributed by atoms with Crippen LogP contribution in [0.25, 0.3) is 0 Å². The maximum atomic E-state index is 13.0. The number of carbonyl (C=O) groups excluding carboxylic acids is 3. The van der Waals surface area contributed by atoms with Gasteiger partial charge in [-0.25, -0.2) is 9.78 Å². The van der Waals surface area contributed by atoms with E-state index in [4.69, 9.17) is 17.2 Å². The van der Waals surface area contributed by atoms with Crippen LogP contribution in [-0.4, -0.2) is 87.2 Å². The van der Waals surface area contributed by atoms with E-state index in [1.807, 2.05) is 6.07 Å². The number of aromatic nitrogens is 2. The third kappa shape index (κ3) is 10.8. The summed E-state index contributed by atoms with van der Waals surface area (Å²) in [4.78, 5) is 60.7. The molecule has 2 aromatic rings. The van der Waals surface area contributed by atoms with E-state index < -0.39 is 54.5 Å². The van der Waals surface area contributed by atoms with Crippen molar-refractivity contribution < 1.29 is 29.4 Å². The van der Waals surface area contributed by atoms with Crippen molar-refractivity contribution in [2.24, 2.45) is 22.2 Å². The molecule has 0 spiro atoms. The summed E-state index contributed by atoms with van der Waals surface area (Å²) < 4.78 is 0. The molecule has 15 heteroatoms. The summed E-state index contributed by atoms with van der Waals surface area (Å²) in [6.07, 6.45) is 3.21. The molecule has 0 bridgehead atoms. The first-order valence-electron chi connectivity index (χ1n) is 12.2. The van der Waals surface area contributed by atoms with Gasteiger partial charge in [-0.05, 0) is 24.8 Å². The number of carboxylic acid groups (broad SMARTS) is 1. The first-order valence-corrected chi connectivity index (χ1v) is 12.2. The smallest absolute Gasteiger partial charge is 0.326 e. The number of aliphatic hydroxyl groups is 1. The number of carbonyl (C=O) groups is 4. The molecule has 12 N–H and O–H groups in total. The summed E-state index contributed by atoms with van der Waals surface area (Å²) in [6, 6.07) is 4.06. The number of rotatable bonds is 16. The number of nitrogens with one attached hydrogen (secondary N) is 4. The van der Waals surface area contributed by atoms with Gasteiger partial charge in [0.25, 0.3) is 0 Å². The quantitative estimate of drug-likeness (QED) is 0.0590. The number of H-pyrrole nitrogens is 1. The average Bonchev–Trinajstić information content (AvgIpc) is 3.41. The number of aliphatic carboxylic acids is 1. The Morgan fingerprint density at radius 2 is 1.59 bits per heavy atom. The summed E-state index contributed by atoms with van der Waals surface area (Å²) in [7, 11) is 0. The molecule has 0 aliphatic rings. The van der Waals surface area contributed by atoms with Crippen molar-refractivity contribution in [3.63, 3.8) is 0 Å². The van der Waals surface area contributed by atoms with Crippen LogP contribution < -0.4 is 33.2 Å². The minimum absolute atomic E-state index is 0.0321. The number of nitrogens with two attached hydrogens (primary N) is 3. The Labute approximate surface area is 224 Å². The molecule has 15 nitrogen and oxygen atoms in total. The molecule has 1 heterocycles. The van der Waals surface area contributed by atoms with E-state index in [1.165, 1.54) is 12.5 Å². The van der Waals surface area contributed by atoms with E-state index >= 15 is 0 Å². The van der Waals surface area contributed by atoms with E-state index in [0.29, 0.717) is 5.69 Å². The lowest BCUT2D eigenvalue weighted by Crippen LogP contribution is -2.58. The minimum Gasteiger partial charge on any atom is -0.480 e. The zero-order valence-corrected chi connectivity index (χ0v) is 21.2. The van der Waals surface area contributed by atoms with E-state index in [2.05, 4.69) is 30.9 Å². The summed E-state index contributed by atoms with van der Waals surface area (Å²) >= 11 is 0. The summed E-state index contributed by atoms with van der Waals surface area (Å²) in [5.74, 6) is -3.77. The third-order valence-electron chi connectivity index (χ3n) is 5.62. The Bertz CT molecular complexity index is 1110. The minimum atomic E-state index is -1.41. The standard InChI is InChI=1S/C24H35N9O6/c25-16(9-14-5-2-1-3-6-14)20(35)33-19(12-34)22(37)31-17(7-4-8-29-24(26)27)21(36)32-18(23(38)39)10-15-11-28-13-30-15/h1-3,5-6,11,13,16-19,34H,4,7-10,12,25H2,(H,28,30)(H,31,37)(H,32,36)(H,33,35)(H,38,39)(H4,26,27,29). The molecule has 4 unspecified atom stereocenters. The lowest BCUT2D eigenvalue weighted by molar-refractivity contribution is -0.142. The fraction of sp³-hybridized carbons (Fsp3) is 0.417. The lowest BCUT2D eigenvalue weighted by Gasteiger charge is -2.24. The molecule has 39 heavy (non-hydrogen) atoms. The second-order valence-electron chi connectivity index (χ2n) is 8.73. The maximum Gasteiger partial charge on any atom is 0.326 e. The van der Waals surface area contributed by atoms with Crippen molar-refractivity contribution in [2.45, 2.75) is 49.9 Å². The number of aliphatic hydroxyl groups excluding tert-OH is 1. The predicted octanol–water partition coefficient (Wildman–Crippen LogP) is -2.89. The molecule has 212 valence electrons. The van der Waals surface area contributed by atoms with E-state index in [-0.39, 0.29) is 38.2 Å². The molecule has 0 saturated carbocycles. The summed E-state index contributed by atoms with van der Waals surface area (Å²) in [5, 5.41) is 26.6. The molecule has 1 aromatic carbocycles. The van der Waals surface area contributed by atoms with Crippen LogP contribution in [0.1, 0.15) is 24.1 Å². The van der Waals surface area contributed by atoms with Crippen LogP contribution in [0.3, 0.4) is 0 Å². The zero-order chi connectivity index (χ0) is 28.8. The van der Waals surface area contributed by atoms with Gasteiger partial charge in [-0.2, -0.15) is 0 Å². The molecule has 1 aromatic heterocycles. The number of hydrogen-bond acceptors (Lipinski definition) is 8. The molecule has 0 radical (unpaired) electrons. The van der Waals surface area contributed by atoms with E-state index in [9.17, 15) is 29.4 Å². The number of amides is 3. The normalized spacial score (nSPS) is 13.8. The molecular formula is C24H35N9O6. The monoisotopic (exact) mass is 545 g/mol. The highest BCUT2D eigenvalue weighted by Gasteiger charge is 2.30. The fourth-order valence-electron chi connectivity index (χ4n) is 3.57. The Hall–Kier alpha value is -4.50. The van der Waals surface area contributed by atoms with Crippen molar-refractivity contribution in [3.05, 3.63) is 54.1 Å². The van der Waals surface area contributed by atoms with Crippen molar-refractivity contribution >= 4 is 29.7 Å². The number of carboxylic acids is 1. The molecule has 0 saturated heterocycles. The molecule has 3 amide bonds. The third-order valence-corrected chi connectivity index (χ3v) is 5.62. The molecule has 4 atom stereocenters. The number of nitrogens with zero attached hydrogens (tertiary/aromatic N) is 2. The number of aromatic amines is 1. The Morgan fingerprint density at radius 1 is 0.949 bits per heavy atom. The average molecular weight is 546 g/mol. The number of hydrogen-bond donors (Lipinski definition) is 9. The predicted molar refractivity (Wildman–Crippen MR) is 141 cm³/mol. The van der Waals surface area contributed by atoms with Crippen LogP contribution in [0.2, 0.25) is 0 Å². The maximum absolute atomic E-state index is 13.0. The van der Waals surface area contributed by atoms with Crippen molar-refractivity contribution in [2.75, 3.05) is 13.2 Å². The Kier molecular flexibility index (Phi) is 12.4. The summed E-state index contributed by atoms with van der Waals surface area (Å²) in [6.45, 7) is -0.622. The second kappa shape index (κ2) is 15.7. The molecular weight excluding hydrogens is 510 g/mol. The van der Waals surface area contributed by atoms with Crippen LogP contribution in [-0.2, 0) is 32.0 Å². The van der Waals surface area contributed by atoms with Gasteiger partial charge >= 0.3 is 5.97 Å². The number of benzene rings is 1. The fourth-order valence-corrected chi connectivity index (χ4v) is 3.57. The van der Waals surface area contributed by atoms with E-state index in [1.54, 1.807) is 24.3 Å². The molecule has 0 aliphatic heterocycles. The van der Waals surface area contributed by atoms with Gasteiger partial charge in [0, 0.05) is 24.9 Å². The van der Waals surface area contributed by atoms with Gasteiger partial charge in [0.2, 0.25) is 17.7 Å². The summed E-state index contributed by atoms with van der Waals surface area (Å²) in [5.41, 5.74) is 17.9. The second-order valence-corrected chi connectivity index (χ2v) is 8.73. The molecule has 0 aliphatic carbocycles. The van der Waals surface area contributed by atoms with Gasteiger partial charge < -0.3 is 48.3 Å². The first kappa shape index (κ1) is 30.7. The number of guanidine groups is 1. The van der Waals surface area contributed by atoms with Gasteiger partial charge in [0.15, 0.2) is 5.96 Å². The molecule has 2 rings (SSSR count). The highest BCUT2D eigenvalue weighted by molar-refractivity contribution is 5.94. The van der Waals surface area contributed by atoms with Crippen molar-refractivity contribution in [3.8, 4) is 0 Å². The van der Waals surface area contributed by atoms with Crippen LogP contribution in [0.5, 0.6) is 0 Å². The van der Waals surface area contributed by atoms with Gasteiger partial charge in [-0.3, -0.25) is 19.4 Å². The van der Waals surface area contributed by atoms with Gasteiger partial charge in [-0.1, -0.05) is 30.3 Å². The van der Waals surface area contributed by atoms with Crippen molar-refractivity contribution in [1.82, 2.24) is 25.9 Å². The van der Waals surface area contributed by atoms with E-state index in [0.717, 1.165) is 5.56 Å². The van der Waals surface area contributed by atoms with Gasteiger partial charge in [0.05, 0.1) is 19.0 Å². The van der Waals surface area contributed by atoms with Crippen LogP contribution in [0.15, 0.2) is 47.8 Å². The highest BCUT2D eigenvalue weighted by Crippen LogP contribution is 2.05. The Balaban J connectivity index is 2.07. The van der Waals surface area contributed by atoms with Gasteiger partial charge in [0.1, 0.15) is 18.1 Å². The Morgan fingerprint density at radius 3 is 2.18 bits per heavy atom. The highest BCUT2D eigenvalue weighted by atomic mass is 16.4. The molecule has 0 fully saturated rings. The largest absolute Gasteiger partial charge is 0.480 e. The number of imidazole rings is 1. The first-order chi connectivity index (χ1) is 18.6. The number of aliphatic imine (C=N–C) groups is 1. The van der Waals surface area contributed by atoms with Crippen LogP contribution in [0, 0.1) is 0 Å². The van der Waals surface area contributed by atoms with Crippen LogP contribution >= 0.6 is 0 Å². The topological polar surface area (TPSA) is 264 Å². The zero-order valence-electron chi connectivity index (χ0n) is 21.2. The lowest BCUT2D eigenvalue weighted by atomic mass is 10.1. The van der Waals surface area contributed by atoms with Crippen LogP contribution in [0.4, 0.5) is 0 Å².